The Morgan fingerprint density at radius 3 is 2.57 bits per heavy atom. The molecule has 0 spiro atoms. The number of urea groups is 1. The number of carboxylic acid groups (broad SMARTS) is 1. The van der Waals surface area contributed by atoms with Gasteiger partial charge in [-0.1, -0.05) is 26.2 Å². The van der Waals surface area contributed by atoms with Gasteiger partial charge in [0, 0.05) is 18.6 Å². The van der Waals surface area contributed by atoms with Crippen LogP contribution in [0, 0.1) is 5.92 Å². The highest BCUT2D eigenvalue weighted by molar-refractivity contribution is 5.77. The number of piperidine rings is 1. The van der Waals surface area contributed by atoms with Crippen LogP contribution in [0.5, 0.6) is 0 Å². The van der Waals surface area contributed by atoms with Gasteiger partial charge in [-0.05, 0) is 38.5 Å². The van der Waals surface area contributed by atoms with E-state index in [0.29, 0.717) is 12.5 Å². The van der Waals surface area contributed by atoms with Gasteiger partial charge in [-0.25, -0.2) is 4.79 Å². The van der Waals surface area contributed by atoms with Crippen LogP contribution < -0.4 is 5.32 Å². The lowest BCUT2D eigenvalue weighted by Crippen LogP contribution is -2.54. The highest BCUT2D eigenvalue weighted by Gasteiger charge is 2.34. The fraction of sp³-hybridized carbons (Fsp3) is 0.875. The first-order valence-corrected chi connectivity index (χ1v) is 8.43. The number of amides is 2. The summed E-state index contributed by atoms with van der Waals surface area (Å²) in [6, 6.07) is 0.0786. The molecule has 1 aliphatic carbocycles. The average Bonchev–Trinajstić information content (AvgIpc) is 2.48. The molecule has 21 heavy (non-hydrogen) atoms. The molecule has 1 heterocycles. The Morgan fingerprint density at radius 1 is 1.14 bits per heavy atom. The molecule has 3 atom stereocenters. The van der Waals surface area contributed by atoms with Crippen LogP contribution in [0.3, 0.4) is 0 Å². The van der Waals surface area contributed by atoms with E-state index in [-0.39, 0.29) is 12.1 Å². The van der Waals surface area contributed by atoms with Crippen LogP contribution in [0.2, 0.25) is 0 Å². The number of likely N-dealkylation sites (tertiary alicyclic amines) is 1. The van der Waals surface area contributed by atoms with Crippen molar-refractivity contribution in [2.75, 3.05) is 6.54 Å². The summed E-state index contributed by atoms with van der Waals surface area (Å²) < 4.78 is 0. The highest BCUT2D eigenvalue weighted by Crippen LogP contribution is 2.26. The Hall–Kier alpha value is -1.26. The van der Waals surface area contributed by atoms with Crippen LogP contribution in [0.25, 0.3) is 0 Å². The van der Waals surface area contributed by atoms with E-state index in [2.05, 4.69) is 12.2 Å². The number of rotatable bonds is 4. The molecule has 0 aromatic rings. The number of hydrogen-bond acceptors (Lipinski definition) is 2. The number of nitrogens with one attached hydrogen (secondary N) is 1. The molecule has 0 radical (unpaired) electrons. The molecule has 2 amide bonds. The van der Waals surface area contributed by atoms with Crippen molar-refractivity contribution in [3.8, 4) is 0 Å². The molecule has 1 saturated carbocycles. The Bertz CT molecular complexity index is 371. The molecule has 3 unspecified atom stereocenters. The number of carboxylic acids is 1. The molecule has 0 aromatic carbocycles. The second-order valence-corrected chi connectivity index (χ2v) is 6.42. The summed E-state index contributed by atoms with van der Waals surface area (Å²) in [7, 11) is 0. The monoisotopic (exact) mass is 296 g/mol. The number of aliphatic carboxylic acids is 1. The van der Waals surface area contributed by atoms with E-state index >= 15 is 0 Å². The molecule has 0 bridgehead atoms. The second kappa shape index (κ2) is 7.66. The van der Waals surface area contributed by atoms with Crippen LogP contribution in [-0.4, -0.2) is 40.6 Å². The molecule has 0 aromatic heterocycles. The number of hydrogen-bond donors (Lipinski definition) is 2. The summed E-state index contributed by atoms with van der Waals surface area (Å²) in [5.41, 5.74) is 0. The van der Waals surface area contributed by atoms with Crippen molar-refractivity contribution in [1.82, 2.24) is 10.2 Å². The largest absolute Gasteiger partial charge is 0.481 e. The summed E-state index contributed by atoms with van der Waals surface area (Å²) in [6.45, 7) is 2.95. The molecule has 2 N–H and O–H groups in total. The van der Waals surface area contributed by atoms with Gasteiger partial charge in [-0.3, -0.25) is 4.79 Å². The van der Waals surface area contributed by atoms with Crippen LogP contribution in [0.4, 0.5) is 4.79 Å². The van der Waals surface area contributed by atoms with Crippen LogP contribution in [-0.2, 0) is 4.79 Å². The van der Waals surface area contributed by atoms with Crippen molar-refractivity contribution in [3.63, 3.8) is 0 Å². The SMILES string of the molecule is CCCC1CCCCN1C(=O)NC1CCCCC1C(=O)O. The van der Waals surface area contributed by atoms with Gasteiger partial charge in [0.05, 0.1) is 5.92 Å². The Balaban J connectivity index is 1.96. The third-order valence-electron chi connectivity index (χ3n) is 4.90. The summed E-state index contributed by atoms with van der Waals surface area (Å²) in [5, 5.41) is 12.3. The van der Waals surface area contributed by atoms with E-state index in [1.165, 1.54) is 6.42 Å². The molecule has 120 valence electrons. The standard InChI is InChI=1S/C16H28N2O3/c1-2-7-12-8-5-6-11-18(12)16(21)17-14-10-4-3-9-13(14)15(19)20/h12-14H,2-11H2,1H3,(H,17,21)(H,19,20). The predicted molar refractivity (Wildman–Crippen MR) is 81.2 cm³/mol. The molecular formula is C16H28N2O3. The van der Waals surface area contributed by atoms with Gasteiger partial charge in [-0.2, -0.15) is 0 Å². The maximum absolute atomic E-state index is 12.5. The quantitative estimate of drug-likeness (QED) is 0.838. The zero-order valence-electron chi connectivity index (χ0n) is 13.0. The third-order valence-corrected chi connectivity index (χ3v) is 4.90. The topological polar surface area (TPSA) is 69.6 Å². The minimum absolute atomic E-state index is 0.0497. The lowest BCUT2D eigenvalue weighted by atomic mass is 9.84. The van der Waals surface area contributed by atoms with E-state index in [1.54, 1.807) is 0 Å². The van der Waals surface area contributed by atoms with Gasteiger partial charge in [0.15, 0.2) is 0 Å². The van der Waals surface area contributed by atoms with Gasteiger partial charge >= 0.3 is 12.0 Å². The average molecular weight is 296 g/mol. The summed E-state index contributed by atoms with van der Waals surface area (Å²) in [4.78, 5) is 25.8. The lowest BCUT2D eigenvalue weighted by Gasteiger charge is -2.38. The normalized spacial score (nSPS) is 30.0. The van der Waals surface area contributed by atoms with E-state index < -0.39 is 11.9 Å². The minimum atomic E-state index is -0.774. The smallest absolute Gasteiger partial charge is 0.317 e. The first-order chi connectivity index (χ1) is 10.1. The van der Waals surface area contributed by atoms with E-state index in [1.807, 2.05) is 4.90 Å². The van der Waals surface area contributed by atoms with Gasteiger partial charge < -0.3 is 15.3 Å². The Kier molecular flexibility index (Phi) is 5.88. The van der Waals surface area contributed by atoms with E-state index in [0.717, 1.165) is 51.5 Å². The van der Waals surface area contributed by atoms with Gasteiger partial charge in [0.1, 0.15) is 0 Å². The zero-order chi connectivity index (χ0) is 15.2. The maximum atomic E-state index is 12.5. The van der Waals surface area contributed by atoms with E-state index in [9.17, 15) is 14.7 Å². The molecule has 1 saturated heterocycles. The Labute approximate surface area is 127 Å². The predicted octanol–water partition coefficient (Wildman–Crippen LogP) is 2.99. The van der Waals surface area contributed by atoms with E-state index in [4.69, 9.17) is 0 Å². The first-order valence-electron chi connectivity index (χ1n) is 8.43. The molecular weight excluding hydrogens is 268 g/mol. The van der Waals surface area contributed by atoms with Crippen molar-refractivity contribution in [3.05, 3.63) is 0 Å². The second-order valence-electron chi connectivity index (χ2n) is 6.42. The fourth-order valence-electron chi connectivity index (χ4n) is 3.74. The summed E-state index contributed by atoms with van der Waals surface area (Å²) >= 11 is 0. The number of nitrogens with zero attached hydrogens (tertiary/aromatic N) is 1. The number of carbonyl (C=O) groups is 2. The molecule has 2 fully saturated rings. The van der Waals surface area contributed by atoms with Gasteiger partial charge in [0.2, 0.25) is 0 Å². The maximum Gasteiger partial charge on any atom is 0.317 e. The zero-order valence-corrected chi connectivity index (χ0v) is 13.0. The minimum Gasteiger partial charge on any atom is -0.481 e. The number of carbonyl (C=O) groups excluding carboxylic acids is 1. The van der Waals surface area contributed by atoms with Crippen LogP contribution >= 0.6 is 0 Å². The Morgan fingerprint density at radius 2 is 1.86 bits per heavy atom. The molecule has 2 aliphatic rings. The molecule has 1 aliphatic heterocycles. The van der Waals surface area contributed by atoms with Crippen molar-refractivity contribution in [1.29, 1.82) is 0 Å². The lowest BCUT2D eigenvalue weighted by molar-refractivity contribution is -0.143. The van der Waals surface area contributed by atoms with Gasteiger partial charge in [0.25, 0.3) is 0 Å². The fourth-order valence-corrected chi connectivity index (χ4v) is 3.74. The third kappa shape index (κ3) is 4.11. The molecule has 5 nitrogen and oxygen atoms in total. The van der Waals surface area contributed by atoms with Crippen molar-refractivity contribution in [2.24, 2.45) is 5.92 Å². The van der Waals surface area contributed by atoms with Crippen LogP contribution in [0.1, 0.15) is 64.7 Å². The van der Waals surface area contributed by atoms with Crippen LogP contribution in [0.15, 0.2) is 0 Å². The summed E-state index contributed by atoms with van der Waals surface area (Å²) in [5.74, 6) is -1.19. The molecule has 5 heteroatoms. The van der Waals surface area contributed by atoms with Crippen molar-refractivity contribution in [2.45, 2.75) is 76.8 Å². The van der Waals surface area contributed by atoms with Crippen molar-refractivity contribution >= 4 is 12.0 Å². The highest BCUT2D eigenvalue weighted by atomic mass is 16.4. The van der Waals surface area contributed by atoms with Crippen molar-refractivity contribution < 1.29 is 14.7 Å². The van der Waals surface area contributed by atoms with Gasteiger partial charge in [-0.15, -0.1) is 0 Å². The summed E-state index contributed by atoms with van der Waals surface area (Å²) in [6.07, 6.45) is 8.87. The first kappa shape index (κ1) is 16.1. The molecule has 2 rings (SSSR count).